The number of hydrogen-bond acceptors (Lipinski definition) is 6. The van der Waals surface area contributed by atoms with Crippen LogP contribution < -0.4 is 10.6 Å². The summed E-state index contributed by atoms with van der Waals surface area (Å²) in [6.45, 7) is 1.94. The highest BCUT2D eigenvalue weighted by atomic mass is 16.6. The minimum Gasteiger partial charge on any atom is -0.478 e. The van der Waals surface area contributed by atoms with Crippen LogP contribution in [0.5, 0.6) is 5.75 Å². The fourth-order valence-corrected chi connectivity index (χ4v) is 2.80. The Hall–Kier alpha value is -3.42. The number of aromatic nitrogens is 2. The molecule has 0 unspecified atom stereocenters. The number of fused-ring (bicyclic) bond motifs is 1. The van der Waals surface area contributed by atoms with E-state index in [1.54, 1.807) is 24.4 Å². The van der Waals surface area contributed by atoms with E-state index in [1.165, 1.54) is 0 Å². The van der Waals surface area contributed by atoms with Crippen LogP contribution in [-0.2, 0) is 12.8 Å². The van der Waals surface area contributed by atoms with Crippen LogP contribution in [0.25, 0.3) is 5.65 Å². The van der Waals surface area contributed by atoms with E-state index in [-0.39, 0.29) is 5.56 Å². The smallest absolute Gasteiger partial charge is 0.335 e. The number of imidazole rings is 1. The molecule has 4 N–H and O–H groups in total. The second kappa shape index (κ2) is 6.60. The number of pyridine rings is 1. The third-order valence-corrected chi connectivity index (χ3v) is 4.11. The van der Waals surface area contributed by atoms with Crippen LogP contribution in [0, 0.1) is 12.5 Å². The van der Waals surface area contributed by atoms with Crippen LogP contribution >= 0.6 is 0 Å². The zero-order valence-corrected chi connectivity index (χ0v) is 13.6. The van der Waals surface area contributed by atoms with Crippen molar-refractivity contribution in [1.82, 2.24) is 9.38 Å². The van der Waals surface area contributed by atoms with Crippen LogP contribution in [-0.4, -0.2) is 20.5 Å². The topological polar surface area (TPSA) is 126 Å². The van der Waals surface area contributed by atoms with Crippen molar-refractivity contribution in [1.29, 1.82) is 5.53 Å². The van der Waals surface area contributed by atoms with Gasteiger partial charge in [0.2, 0.25) is 0 Å². The van der Waals surface area contributed by atoms with Gasteiger partial charge >= 0.3 is 5.97 Å². The van der Waals surface area contributed by atoms with Gasteiger partial charge in [-0.1, -0.05) is 12.1 Å². The first-order valence-electron chi connectivity index (χ1n) is 7.63. The van der Waals surface area contributed by atoms with Gasteiger partial charge in [-0.3, -0.25) is 0 Å². The molecule has 0 amide bonds. The summed E-state index contributed by atoms with van der Waals surface area (Å²) in [5.74, 6) is -0.600. The Bertz CT molecular complexity index is 964. The number of nitrogens with two attached hydrogens (primary N) is 1. The number of carboxylic acid groups (broad SMARTS) is 1. The molecule has 0 spiro atoms. The van der Waals surface area contributed by atoms with Gasteiger partial charge in [0.25, 0.3) is 0 Å². The van der Waals surface area contributed by atoms with E-state index >= 15 is 0 Å². The zero-order valence-electron chi connectivity index (χ0n) is 13.6. The molecule has 3 aromatic rings. The summed E-state index contributed by atoms with van der Waals surface area (Å²) in [5.41, 5.74) is 16.6. The number of anilines is 1. The Labute approximate surface area is 143 Å². The standard InChI is InChI=1S/C17H17N5O3/c1-10-14(20-15-9-12(17(23)24)7-8-22(10)15)6-5-11-3-2-4-13(18)16(11)25-21-19/h2-4,7-9,19H,5-6,18H2,1H3,(H,23,24). The molecular weight excluding hydrogens is 322 g/mol. The normalized spacial score (nSPS) is 10.8. The molecule has 25 heavy (non-hydrogen) atoms. The number of aromatic carboxylic acids is 1. The summed E-state index contributed by atoms with van der Waals surface area (Å²) >= 11 is 0. The molecule has 2 aromatic heterocycles. The number of nitrogens with one attached hydrogen (secondary N) is 1. The Morgan fingerprint density at radius 3 is 2.92 bits per heavy atom. The molecule has 0 aliphatic carbocycles. The number of benzene rings is 1. The first-order valence-corrected chi connectivity index (χ1v) is 7.63. The summed E-state index contributed by atoms with van der Waals surface area (Å²) < 4.78 is 1.86. The van der Waals surface area contributed by atoms with Crippen molar-refractivity contribution in [2.24, 2.45) is 5.28 Å². The number of aryl methyl sites for hydroxylation is 3. The lowest BCUT2D eigenvalue weighted by molar-refractivity contribution is 0.0697. The van der Waals surface area contributed by atoms with Crippen LogP contribution in [0.15, 0.2) is 41.8 Å². The minimum atomic E-state index is -0.981. The summed E-state index contributed by atoms with van der Waals surface area (Å²) in [4.78, 5) is 20.6. The van der Waals surface area contributed by atoms with E-state index in [1.807, 2.05) is 23.5 Å². The van der Waals surface area contributed by atoms with E-state index in [2.05, 4.69) is 10.3 Å². The molecular formula is C17H17N5O3. The highest BCUT2D eigenvalue weighted by molar-refractivity contribution is 5.88. The van der Waals surface area contributed by atoms with Crippen molar-refractivity contribution in [3.05, 3.63) is 59.0 Å². The van der Waals surface area contributed by atoms with Gasteiger partial charge in [0.15, 0.2) is 5.75 Å². The second-order valence-corrected chi connectivity index (χ2v) is 5.61. The first-order chi connectivity index (χ1) is 12.0. The van der Waals surface area contributed by atoms with Gasteiger partial charge in [-0.25, -0.2) is 9.78 Å². The summed E-state index contributed by atoms with van der Waals surface area (Å²) in [6.07, 6.45) is 2.93. The molecule has 0 aliphatic heterocycles. The molecule has 0 bridgehead atoms. The highest BCUT2D eigenvalue weighted by Crippen LogP contribution is 2.28. The predicted molar refractivity (Wildman–Crippen MR) is 90.9 cm³/mol. The largest absolute Gasteiger partial charge is 0.478 e. The zero-order chi connectivity index (χ0) is 18.0. The fraction of sp³-hybridized carbons (Fsp3) is 0.176. The van der Waals surface area contributed by atoms with Crippen molar-refractivity contribution in [2.75, 3.05) is 5.73 Å². The third kappa shape index (κ3) is 3.14. The molecule has 0 saturated carbocycles. The number of hydrogen-bond donors (Lipinski definition) is 3. The predicted octanol–water partition coefficient (Wildman–Crippen LogP) is 3.03. The number of rotatable bonds is 6. The number of para-hydroxylation sites is 1. The molecule has 8 heteroatoms. The van der Waals surface area contributed by atoms with Crippen molar-refractivity contribution < 1.29 is 14.7 Å². The van der Waals surface area contributed by atoms with Crippen molar-refractivity contribution in [3.63, 3.8) is 0 Å². The molecule has 8 nitrogen and oxygen atoms in total. The Morgan fingerprint density at radius 1 is 1.40 bits per heavy atom. The van der Waals surface area contributed by atoms with Crippen molar-refractivity contribution >= 4 is 17.3 Å². The van der Waals surface area contributed by atoms with E-state index < -0.39 is 5.97 Å². The number of nitrogen functional groups attached to an aromatic ring is 1. The molecule has 0 radical (unpaired) electrons. The maximum absolute atomic E-state index is 11.1. The second-order valence-electron chi connectivity index (χ2n) is 5.61. The van der Waals surface area contributed by atoms with Gasteiger partial charge in [-0.2, -0.15) is 5.53 Å². The summed E-state index contributed by atoms with van der Waals surface area (Å²) in [6, 6.07) is 8.47. The highest BCUT2D eigenvalue weighted by Gasteiger charge is 2.13. The summed E-state index contributed by atoms with van der Waals surface area (Å²) in [5, 5.41) is 12.0. The maximum Gasteiger partial charge on any atom is 0.335 e. The van der Waals surface area contributed by atoms with Gasteiger partial charge < -0.3 is 20.1 Å². The molecule has 0 atom stereocenters. The van der Waals surface area contributed by atoms with Gasteiger partial charge in [0.05, 0.1) is 16.9 Å². The molecule has 0 fully saturated rings. The van der Waals surface area contributed by atoms with Gasteiger partial charge in [0, 0.05) is 22.7 Å². The molecule has 0 saturated heterocycles. The number of nitrogens with zero attached hydrogens (tertiary/aromatic N) is 3. The lowest BCUT2D eigenvalue weighted by Gasteiger charge is -2.08. The van der Waals surface area contributed by atoms with Crippen molar-refractivity contribution in [2.45, 2.75) is 19.8 Å². The lowest BCUT2D eigenvalue weighted by atomic mass is 10.1. The molecule has 3 rings (SSSR count). The minimum absolute atomic E-state index is 0.202. The quantitative estimate of drug-likeness (QED) is 0.361. The summed E-state index contributed by atoms with van der Waals surface area (Å²) in [7, 11) is 0. The average Bonchev–Trinajstić information content (AvgIpc) is 2.91. The molecule has 0 aliphatic rings. The SMILES string of the molecule is Cc1c(CCc2cccc(N)c2ON=N)nc2cc(C(=O)O)ccn12. The first kappa shape index (κ1) is 16.4. The molecule has 128 valence electrons. The van der Waals surface area contributed by atoms with Crippen LogP contribution in [0.1, 0.15) is 27.3 Å². The Kier molecular flexibility index (Phi) is 4.34. The lowest BCUT2D eigenvalue weighted by Crippen LogP contribution is -2.00. The fourth-order valence-electron chi connectivity index (χ4n) is 2.80. The number of carboxylic acids is 1. The van der Waals surface area contributed by atoms with Crippen LogP contribution in [0.3, 0.4) is 0 Å². The Morgan fingerprint density at radius 2 is 2.20 bits per heavy atom. The maximum atomic E-state index is 11.1. The van der Waals surface area contributed by atoms with Gasteiger partial charge in [-0.05, 0) is 38.0 Å². The van der Waals surface area contributed by atoms with E-state index in [4.69, 9.17) is 21.2 Å². The Balaban J connectivity index is 1.89. The van der Waals surface area contributed by atoms with Gasteiger partial charge in [-0.15, -0.1) is 0 Å². The van der Waals surface area contributed by atoms with Crippen molar-refractivity contribution in [3.8, 4) is 5.75 Å². The van der Waals surface area contributed by atoms with E-state index in [0.717, 1.165) is 17.0 Å². The van der Waals surface area contributed by atoms with Gasteiger partial charge in [0.1, 0.15) is 5.65 Å². The van der Waals surface area contributed by atoms with E-state index in [0.29, 0.717) is 29.9 Å². The van der Waals surface area contributed by atoms with E-state index in [9.17, 15) is 4.79 Å². The average molecular weight is 339 g/mol. The number of carbonyl (C=O) groups is 1. The van der Waals surface area contributed by atoms with Crippen LogP contribution in [0.4, 0.5) is 5.69 Å². The van der Waals surface area contributed by atoms with Crippen LogP contribution in [0.2, 0.25) is 0 Å². The third-order valence-electron chi connectivity index (χ3n) is 4.11. The molecule has 2 heterocycles. The molecule has 1 aromatic carbocycles. The monoisotopic (exact) mass is 339 g/mol.